The van der Waals surface area contributed by atoms with Gasteiger partial charge in [0, 0.05) is 51.5 Å². The van der Waals surface area contributed by atoms with E-state index in [2.05, 4.69) is 35.7 Å². The molecule has 0 atom stereocenters. The van der Waals surface area contributed by atoms with Crippen molar-refractivity contribution in [1.29, 1.82) is 0 Å². The Morgan fingerprint density at radius 3 is 2.08 bits per heavy atom. The molecule has 0 bridgehead atoms. The minimum Gasteiger partial charge on any atom is -0.356 e. The van der Waals surface area contributed by atoms with Crippen LogP contribution < -0.4 is 14.7 Å². The lowest BCUT2D eigenvalue weighted by Gasteiger charge is -2.36. The highest BCUT2D eigenvalue weighted by Gasteiger charge is 2.21. The van der Waals surface area contributed by atoms with Crippen molar-refractivity contribution in [3.8, 4) is 0 Å². The van der Waals surface area contributed by atoms with Crippen LogP contribution in [0.25, 0.3) is 0 Å². The van der Waals surface area contributed by atoms with Crippen LogP contribution in [0.3, 0.4) is 0 Å². The highest BCUT2D eigenvalue weighted by atomic mass is 35.5. The molecular formula is C18H23ClN6. The second kappa shape index (κ2) is 7.44. The fourth-order valence-corrected chi connectivity index (χ4v) is 3.80. The highest BCUT2D eigenvalue weighted by molar-refractivity contribution is 6.32. The predicted octanol–water partition coefficient (Wildman–Crippen LogP) is 2.84. The van der Waals surface area contributed by atoms with Crippen LogP contribution in [0.5, 0.6) is 0 Å². The first-order chi connectivity index (χ1) is 12.3. The number of piperazine rings is 1. The average molecular weight is 359 g/mol. The van der Waals surface area contributed by atoms with Crippen LogP contribution in [0.4, 0.5) is 17.5 Å². The molecule has 0 amide bonds. The molecule has 0 aliphatic carbocycles. The number of hydrogen-bond donors (Lipinski definition) is 0. The van der Waals surface area contributed by atoms with Crippen molar-refractivity contribution in [2.45, 2.75) is 19.3 Å². The second-order valence-electron chi connectivity index (χ2n) is 6.57. The third kappa shape index (κ3) is 3.63. The molecule has 2 aromatic heterocycles. The van der Waals surface area contributed by atoms with Crippen LogP contribution in [0.2, 0.25) is 5.02 Å². The summed E-state index contributed by atoms with van der Waals surface area (Å²) in [4.78, 5) is 20.3. The topological polar surface area (TPSA) is 48.4 Å². The van der Waals surface area contributed by atoms with Gasteiger partial charge in [0.05, 0.1) is 5.02 Å². The summed E-state index contributed by atoms with van der Waals surface area (Å²) in [6.45, 7) is 5.79. The van der Waals surface area contributed by atoms with Crippen LogP contribution in [-0.4, -0.2) is 54.2 Å². The Hall–Kier alpha value is -2.08. The van der Waals surface area contributed by atoms with Gasteiger partial charge in [-0.1, -0.05) is 11.6 Å². The van der Waals surface area contributed by atoms with Gasteiger partial charge in [-0.05, 0) is 31.4 Å². The van der Waals surface area contributed by atoms with Crippen molar-refractivity contribution >= 4 is 29.1 Å². The smallest absolute Gasteiger partial charge is 0.147 e. The van der Waals surface area contributed by atoms with E-state index < -0.39 is 0 Å². The van der Waals surface area contributed by atoms with Crippen LogP contribution in [0, 0.1) is 0 Å². The second-order valence-corrected chi connectivity index (χ2v) is 6.97. The molecule has 0 spiro atoms. The third-order valence-corrected chi connectivity index (χ3v) is 5.26. The molecule has 0 N–H and O–H groups in total. The largest absolute Gasteiger partial charge is 0.356 e. The van der Waals surface area contributed by atoms with Gasteiger partial charge in [0.25, 0.3) is 0 Å². The van der Waals surface area contributed by atoms with Crippen LogP contribution >= 0.6 is 11.6 Å². The maximum Gasteiger partial charge on any atom is 0.147 e. The fourth-order valence-electron chi connectivity index (χ4n) is 3.56. The molecule has 0 aromatic carbocycles. The highest BCUT2D eigenvalue weighted by Crippen LogP contribution is 2.25. The Balaban J connectivity index is 1.43. The summed E-state index contributed by atoms with van der Waals surface area (Å²) < 4.78 is 0. The standard InChI is InChI=1S/C18H23ClN6/c19-15-5-4-6-20-18(15)25-11-9-24(10-12-25)17-13-16(21-14-22-17)23-7-2-1-3-8-23/h4-6,13-14H,1-3,7-12H2. The Kier molecular flexibility index (Phi) is 4.88. The Bertz CT molecular complexity index is 710. The maximum atomic E-state index is 6.27. The number of anilines is 3. The van der Waals surface area contributed by atoms with Gasteiger partial charge in [-0.15, -0.1) is 0 Å². The van der Waals surface area contributed by atoms with Gasteiger partial charge in [-0.3, -0.25) is 0 Å². The summed E-state index contributed by atoms with van der Waals surface area (Å²) in [5.74, 6) is 2.95. The molecule has 2 aliphatic rings. The van der Waals surface area contributed by atoms with Crippen LogP contribution in [0.15, 0.2) is 30.7 Å². The molecule has 25 heavy (non-hydrogen) atoms. The zero-order valence-electron chi connectivity index (χ0n) is 14.3. The quantitative estimate of drug-likeness (QED) is 0.840. The molecule has 0 unspecified atom stereocenters. The van der Waals surface area contributed by atoms with Crippen LogP contribution in [0.1, 0.15) is 19.3 Å². The van der Waals surface area contributed by atoms with Gasteiger partial charge in [0.15, 0.2) is 0 Å². The molecule has 2 fully saturated rings. The van der Waals surface area contributed by atoms with E-state index >= 15 is 0 Å². The van der Waals surface area contributed by atoms with E-state index in [1.807, 2.05) is 12.1 Å². The van der Waals surface area contributed by atoms with Gasteiger partial charge in [-0.2, -0.15) is 0 Å². The van der Waals surface area contributed by atoms with Gasteiger partial charge in [-0.25, -0.2) is 15.0 Å². The SMILES string of the molecule is Clc1cccnc1N1CCN(c2cc(N3CCCCC3)ncn2)CC1. The van der Waals surface area contributed by atoms with Crippen LogP contribution in [-0.2, 0) is 0 Å². The minimum absolute atomic E-state index is 0.713. The Labute approximate surface area is 153 Å². The lowest BCUT2D eigenvalue weighted by molar-refractivity contribution is 0.572. The summed E-state index contributed by atoms with van der Waals surface area (Å²) in [7, 11) is 0. The Morgan fingerprint density at radius 2 is 1.40 bits per heavy atom. The van der Waals surface area contributed by atoms with Crippen molar-refractivity contribution in [1.82, 2.24) is 15.0 Å². The number of piperidine rings is 1. The Morgan fingerprint density at radius 1 is 0.760 bits per heavy atom. The predicted molar refractivity (Wildman–Crippen MR) is 102 cm³/mol. The summed E-state index contributed by atoms with van der Waals surface area (Å²) in [5, 5.41) is 0.713. The average Bonchev–Trinajstić information content (AvgIpc) is 2.69. The number of pyridine rings is 1. The summed E-state index contributed by atoms with van der Waals surface area (Å²) in [6.07, 6.45) is 7.32. The number of hydrogen-bond acceptors (Lipinski definition) is 6. The lowest BCUT2D eigenvalue weighted by Crippen LogP contribution is -2.47. The number of aromatic nitrogens is 3. The minimum atomic E-state index is 0.713. The molecule has 0 saturated carbocycles. The maximum absolute atomic E-state index is 6.27. The van der Waals surface area contributed by atoms with Gasteiger partial charge < -0.3 is 14.7 Å². The number of nitrogens with zero attached hydrogens (tertiary/aromatic N) is 6. The first-order valence-corrected chi connectivity index (χ1v) is 9.36. The molecule has 4 heterocycles. The van der Waals surface area contributed by atoms with E-state index in [4.69, 9.17) is 11.6 Å². The van der Waals surface area contributed by atoms with Gasteiger partial charge in [0.2, 0.25) is 0 Å². The van der Waals surface area contributed by atoms with Crippen molar-refractivity contribution in [2.24, 2.45) is 0 Å². The molecule has 0 radical (unpaired) electrons. The summed E-state index contributed by atoms with van der Waals surface area (Å²) in [5.41, 5.74) is 0. The molecule has 2 aliphatic heterocycles. The normalized spacial score (nSPS) is 18.5. The summed E-state index contributed by atoms with van der Waals surface area (Å²) >= 11 is 6.27. The zero-order valence-corrected chi connectivity index (χ0v) is 15.1. The van der Waals surface area contributed by atoms with E-state index in [0.717, 1.165) is 56.7 Å². The fraction of sp³-hybridized carbons (Fsp3) is 0.500. The molecule has 6 nitrogen and oxygen atoms in total. The zero-order chi connectivity index (χ0) is 17.1. The monoisotopic (exact) mass is 358 g/mol. The molecule has 2 aromatic rings. The van der Waals surface area contributed by atoms with E-state index in [9.17, 15) is 0 Å². The number of halogens is 1. The molecule has 132 valence electrons. The molecule has 2 saturated heterocycles. The third-order valence-electron chi connectivity index (χ3n) is 4.96. The van der Waals surface area contributed by atoms with E-state index in [1.54, 1.807) is 12.5 Å². The van der Waals surface area contributed by atoms with Gasteiger partial charge in [0.1, 0.15) is 23.8 Å². The first kappa shape index (κ1) is 16.4. The van der Waals surface area contributed by atoms with E-state index in [0.29, 0.717) is 5.02 Å². The van der Waals surface area contributed by atoms with Crippen molar-refractivity contribution < 1.29 is 0 Å². The van der Waals surface area contributed by atoms with Gasteiger partial charge >= 0.3 is 0 Å². The number of rotatable bonds is 3. The van der Waals surface area contributed by atoms with Crippen molar-refractivity contribution in [3.63, 3.8) is 0 Å². The molecular weight excluding hydrogens is 336 g/mol. The van der Waals surface area contributed by atoms with E-state index in [-0.39, 0.29) is 0 Å². The summed E-state index contributed by atoms with van der Waals surface area (Å²) in [6, 6.07) is 5.89. The van der Waals surface area contributed by atoms with E-state index in [1.165, 1.54) is 19.3 Å². The molecule has 7 heteroatoms. The molecule has 4 rings (SSSR count). The first-order valence-electron chi connectivity index (χ1n) is 8.99. The van der Waals surface area contributed by atoms with Crippen molar-refractivity contribution in [3.05, 3.63) is 35.7 Å². The van der Waals surface area contributed by atoms with Crippen molar-refractivity contribution in [2.75, 3.05) is 54.0 Å². The lowest BCUT2D eigenvalue weighted by atomic mass is 10.1.